The number of anilines is 3. The number of benzene rings is 10. The Labute approximate surface area is 413 Å². The number of para-hydroxylation sites is 1. The SMILES string of the molecule is CC(C)CC(c1ccc(-c2ccc3c(c2)c2cc(-c4ccc(-c5ccc(N(c6ccc(-c7ccccc7)cc6)c6ccc(-c7ccccc7)cc6)cc5)cc4)ccc2n3-c2ccccc2)cc1)C(C)C. The number of hydrogen-bond acceptors (Lipinski definition) is 1. The lowest BCUT2D eigenvalue weighted by molar-refractivity contribution is 0.408. The van der Waals surface area contributed by atoms with E-state index in [1.807, 2.05) is 0 Å². The molecule has 0 N–H and O–H groups in total. The van der Waals surface area contributed by atoms with Gasteiger partial charge in [-0.05, 0) is 158 Å². The van der Waals surface area contributed by atoms with Crippen LogP contribution in [-0.4, -0.2) is 4.57 Å². The summed E-state index contributed by atoms with van der Waals surface area (Å²) in [4.78, 5) is 2.34. The van der Waals surface area contributed by atoms with Gasteiger partial charge in [0.15, 0.2) is 0 Å². The fraction of sp³-hybridized carbons (Fsp3) is 0.118. The van der Waals surface area contributed by atoms with Crippen LogP contribution in [-0.2, 0) is 0 Å². The highest BCUT2D eigenvalue weighted by atomic mass is 15.1. The minimum Gasteiger partial charge on any atom is -0.311 e. The molecule has 0 bridgehead atoms. The van der Waals surface area contributed by atoms with E-state index >= 15 is 0 Å². The molecule has 0 aliphatic carbocycles. The van der Waals surface area contributed by atoms with Gasteiger partial charge in [0, 0.05) is 33.5 Å². The van der Waals surface area contributed by atoms with E-state index in [4.69, 9.17) is 0 Å². The van der Waals surface area contributed by atoms with Crippen molar-refractivity contribution in [1.29, 1.82) is 0 Å². The van der Waals surface area contributed by atoms with Gasteiger partial charge in [-0.15, -0.1) is 0 Å². The molecule has 1 atom stereocenters. The Bertz CT molecular complexity index is 3410. The maximum atomic E-state index is 2.41. The maximum Gasteiger partial charge on any atom is 0.0541 e. The summed E-state index contributed by atoms with van der Waals surface area (Å²) in [7, 11) is 0. The number of hydrogen-bond donors (Lipinski definition) is 0. The highest BCUT2D eigenvalue weighted by molar-refractivity contribution is 6.11. The van der Waals surface area contributed by atoms with Gasteiger partial charge in [0.2, 0.25) is 0 Å². The second-order valence-corrected chi connectivity index (χ2v) is 19.5. The Morgan fingerprint density at radius 2 is 0.643 bits per heavy atom. The van der Waals surface area contributed by atoms with E-state index in [1.54, 1.807) is 0 Å². The number of aromatic nitrogens is 1. The Kier molecular flexibility index (Phi) is 12.3. The van der Waals surface area contributed by atoms with Crippen molar-refractivity contribution in [2.45, 2.75) is 40.0 Å². The van der Waals surface area contributed by atoms with Gasteiger partial charge in [-0.2, -0.15) is 0 Å². The summed E-state index contributed by atoms with van der Waals surface area (Å²) in [6.45, 7) is 9.37. The van der Waals surface area contributed by atoms with Gasteiger partial charge < -0.3 is 9.47 Å². The third-order valence-electron chi connectivity index (χ3n) is 14.1. The van der Waals surface area contributed by atoms with Gasteiger partial charge in [0.1, 0.15) is 0 Å². The molecule has 0 radical (unpaired) electrons. The standard InChI is InChI=1S/C68H58N2/c1-47(2)44-64(48(3)4)57-26-24-56(25-27-57)59-35-43-68-66(46-59)65-45-58(34-42-67(65)70(68)60-18-12-7-13-19-60)55-22-20-51(21-23-55)54-32-40-63(41-33-54)69(61-36-28-52(29-37-61)49-14-8-5-9-15-49)62-38-30-53(31-39-62)50-16-10-6-11-17-50/h5-43,45-48,64H,44H2,1-4H3. The molecule has 0 saturated heterocycles. The third kappa shape index (κ3) is 8.97. The molecule has 2 heteroatoms. The molecule has 0 saturated carbocycles. The maximum absolute atomic E-state index is 2.41. The van der Waals surface area contributed by atoms with Gasteiger partial charge in [0.05, 0.1) is 11.0 Å². The Morgan fingerprint density at radius 3 is 1.01 bits per heavy atom. The summed E-state index contributed by atoms with van der Waals surface area (Å²) in [5.41, 5.74) is 20.4. The molecule has 0 amide bonds. The van der Waals surface area contributed by atoms with Crippen LogP contribution in [0.15, 0.2) is 249 Å². The van der Waals surface area contributed by atoms with E-state index in [1.165, 1.54) is 89.4 Å². The molecule has 340 valence electrons. The Balaban J connectivity index is 0.903. The van der Waals surface area contributed by atoms with Crippen molar-refractivity contribution in [2.24, 2.45) is 11.8 Å². The molecule has 2 nitrogen and oxygen atoms in total. The van der Waals surface area contributed by atoms with E-state index in [2.05, 4.69) is 286 Å². The molecule has 1 aromatic heterocycles. The molecule has 10 aromatic carbocycles. The first-order valence-electron chi connectivity index (χ1n) is 24.9. The van der Waals surface area contributed by atoms with E-state index < -0.39 is 0 Å². The molecule has 70 heavy (non-hydrogen) atoms. The highest BCUT2D eigenvalue weighted by Gasteiger charge is 2.19. The zero-order chi connectivity index (χ0) is 47.6. The van der Waals surface area contributed by atoms with Crippen molar-refractivity contribution in [3.05, 3.63) is 254 Å². The van der Waals surface area contributed by atoms with Crippen LogP contribution in [0.4, 0.5) is 17.1 Å². The zero-order valence-electron chi connectivity index (χ0n) is 40.5. The predicted molar refractivity (Wildman–Crippen MR) is 300 cm³/mol. The number of rotatable bonds is 13. The largest absolute Gasteiger partial charge is 0.311 e. The second-order valence-electron chi connectivity index (χ2n) is 19.5. The molecule has 11 rings (SSSR count). The van der Waals surface area contributed by atoms with Crippen LogP contribution in [0.1, 0.15) is 45.6 Å². The summed E-state index contributed by atoms with van der Waals surface area (Å²) in [5.74, 6) is 1.84. The molecule has 1 heterocycles. The van der Waals surface area contributed by atoms with Gasteiger partial charge in [-0.1, -0.05) is 204 Å². The predicted octanol–water partition coefficient (Wildman–Crippen LogP) is 19.4. The number of nitrogens with zero attached hydrogens (tertiary/aromatic N) is 2. The summed E-state index contributed by atoms with van der Waals surface area (Å²) < 4.78 is 2.41. The van der Waals surface area contributed by atoms with Crippen molar-refractivity contribution >= 4 is 38.9 Å². The van der Waals surface area contributed by atoms with Crippen molar-refractivity contribution in [1.82, 2.24) is 4.57 Å². The van der Waals surface area contributed by atoms with Crippen LogP contribution in [0.3, 0.4) is 0 Å². The normalized spacial score (nSPS) is 12.0. The lowest BCUT2D eigenvalue weighted by atomic mass is 9.82. The molecule has 1 unspecified atom stereocenters. The van der Waals surface area contributed by atoms with Gasteiger partial charge in [-0.3, -0.25) is 0 Å². The first-order chi connectivity index (χ1) is 34.3. The Hall–Kier alpha value is -8.20. The second kappa shape index (κ2) is 19.4. The Morgan fingerprint density at radius 1 is 0.329 bits per heavy atom. The average Bonchev–Trinajstić information content (AvgIpc) is 3.74. The molecule has 0 spiro atoms. The van der Waals surface area contributed by atoms with E-state index in [0.29, 0.717) is 17.8 Å². The smallest absolute Gasteiger partial charge is 0.0541 e. The summed E-state index contributed by atoms with van der Waals surface area (Å²) in [6, 6.07) is 91.1. The topological polar surface area (TPSA) is 8.17 Å². The van der Waals surface area contributed by atoms with Gasteiger partial charge in [0.25, 0.3) is 0 Å². The molecule has 0 aliphatic rings. The van der Waals surface area contributed by atoms with Crippen molar-refractivity contribution in [3.63, 3.8) is 0 Å². The van der Waals surface area contributed by atoms with Crippen LogP contribution >= 0.6 is 0 Å². The lowest BCUT2D eigenvalue weighted by Gasteiger charge is -2.26. The zero-order valence-corrected chi connectivity index (χ0v) is 40.5. The van der Waals surface area contributed by atoms with E-state index in [-0.39, 0.29) is 0 Å². The van der Waals surface area contributed by atoms with Crippen LogP contribution in [0.5, 0.6) is 0 Å². The van der Waals surface area contributed by atoms with E-state index in [0.717, 1.165) is 22.7 Å². The fourth-order valence-electron chi connectivity index (χ4n) is 10.4. The van der Waals surface area contributed by atoms with Crippen LogP contribution < -0.4 is 4.90 Å². The van der Waals surface area contributed by atoms with Crippen LogP contribution in [0.2, 0.25) is 0 Å². The summed E-state index contributed by atoms with van der Waals surface area (Å²) in [6.07, 6.45) is 1.21. The van der Waals surface area contributed by atoms with Gasteiger partial charge >= 0.3 is 0 Å². The average molecular weight is 903 g/mol. The van der Waals surface area contributed by atoms with Crippen molar-refractivity contribution < 1.29 is 0 Å². The molecule has 0 aliphatic heterocycles. The quantitative estimate of drug-likeness (QED) is 0.112. The lowest BCUT2D eigenvalue weighted by Crippen LogP contribution is -2.09. The minimum atomic E-state index is 0.564. The monoisotopic (exact) mass is 902 g/mol. The van der Waals surface area contributed by atoms with Crippen LogP contribution in [0, 0.1) is 11.8 Å². The molecular weight excluding hydrogens is 845 g/mol. The molecular formula is C68H58N2. The fourth-order valence-corrected chi connectivity index (χ4v) is 10.4. The number of fused-ring (bicyclic) bond motifs is 3. The first-order valence-corrected chi connectivity index (χ1v) is 24.9. The summed E-state index contributed by atoms with van der Waals surface area (Å²) >= 11 is 0. The molecule has 0 fully saturated rings. The van der Waals surface area contributed by atoms with Gasteiger partial charge in [-0.25, -0.2) is 0 Å². The third-order valence-corrected chi connectivity index (χ3v) is 14.1. The van der Waals surface area contributed by atoms with Crippen molar-refractivity contribution in [2.75, 3.05) is 4.90 Å². The highest BCUT2D eigenvalue weighted by Crippen LogP contribution is 2.41. The van der Waals surface area contributed by atoms with E-state index in [9.17, 15) is 0 Å². The first kappa shape index (κ1) is 44.3. The summed E-state index contributed by atoms with van der Waals surface area (Å²) in [5, 5.41) is 2.51. The van der Waals surface area contributed by atoms with Crippen LogP contribution in [0.25, 0.3) is 83.1 Å². The minimum absolute atomic E-state index is 0.564. The molecule has 11 aromatic rings. The van der Waals surface area contributed by atoms with Crippen molar-refractivity contribution in [3.8, 4) is 61.3 Å².